The molecule has 3 N–H and O–H groups in total. The average Bonchev–Trinajstić information content (AvgIpc) is 2.22. The zero-order valence-electron chi connectivity index (χ0n) is 10.1. The van der Waals surface area contributed by atoms with Crippen LogP contribution in [0.3, 0.4) is 0 Å². The zero-order chi connectivity index (χ0) is 11.0. The minimum absolute atomic E-state index is 0.0550. The van der Waals surface area contributed by atoms with Crippen molar-refractivity contribution in [2.45, 2.75) is 77.4 Å². The molecular weight excluding hydrogens is 174 g/mol. The lowest BCUT2D eigenvalue weighted by Crippen LogP contribution is -2.47. The van der Waals surface area contributed by atoms with E-state index < -0.39 is 5.60 Å². The van der Waals surface area contributed by atoms with Crippen molar-refractivity contribution in [3.8, 4) is 0 Å². The predicted octanol–water partition coefficient (Wildman–Crippen LogP) is 2.84. The van der Waals surface area contributed by atoms with E-state index in [-0.39, 0.29) is 6.04 Å². The van der Waals surface area contributed by atoms with E-state index >= 15 is 0 Å². The lowest BCUT2D eigenvalue weighted by molar-refractivity contribution is -0.00713. The van der Waals surface area contributed by atoms with E-state index in [0.717, 1.165) is 44.9 Å². The van der Waals surface area contributed by atoms with Crippen molar-refractivity contribution < 1.29 is 5.11 Å². The number of nitrogens with two attached hydrogens (primary N) is 1. The van der Waals surface area contributed by atoms with Crippen LogP contribution >= 0.6 is 0 Å². The van der Waals surface area contributed by atoms with E-state index in [9.17, 15) is 5.11 Å². The van der Waals surface area contributed by atoms with Crippen LogP contribution in [0.4, 0.5) is 0 Å². The van der Waals surface area contributed by atoms with E-state index in [2.05, 4.69) is 13.8 Å². The lowest BCUT2D eigenvalue weighted by Gasteiger charge is -2.33. The largest absolute Gasteiger partial charge is 0.388 e. The van der Waals surface area contributed by atoms with Gasteiger partial charge in [0.2, 0.25) is 0 Å². The summed E-state index contributed by atoms with van der Waals surface area (Å²) >= 11 is 0. The maximum atomic E-state index is 10.4. The first-order valence-electron chi connectivity index (χ1n) is 6.08. The van der Waals surface area contributed by atoms with Gasteiger partial charge in [-0.2, -0.15) is 0 Å². The van der Waals surface area contributed by atoms with Gasteiger partial charge in [-0.05, 0) is 19.3 Å². The van der Waals surface area contributed by atoms with Gasteiger partial charge in [0, 0.05) is 6.04 Å². The average molecular weight is 201 g/mol. The van der Waals surface area contributed by atoms with Gasteiger partial charge in [-0.1, -0.05) is 46.5 Å². The van der Waals surface area contributed by atoms with Crippen LogP contribution in [0.5, 0.6) is 0 Å². The second kappa shape index (κ2) is 7.24. The molecule has 0 aliphatic rings. The summed E-state index contributed by atoms with van der Waals surface area (Å²) < 4.78 is 0. The van der Waals surface area contributed by atoms with E-state index in [1.165, 1.54) is 0 Å². The molecule has 0 heterocycles. The minimum atomic E-state index is -0.610. The molecule has 1 unspecified atom stereocenters. The normalized spacial score (nSPS) is 14.4. The first-order valence-corrected chi connectivity index (χ1v) is 6.08. The second-order valence-corrected chi connectivity index (χ2v) is 4.33. The van der Waals surface area contributed by atoms with Gasteiger partial charge in [0.05, 0.1) is 5.60 Å². The summed E-state index contributed by atoms with van der Waals surface area (Å²) in [6, 6.07) is -0.0550. The predicted molar refractivity (Wildman–Crippen MR) is 62.3 cm³/mol. The van der Waals surface area contributed by atoms with Crippen molar-refractivity contribution in [3.63, 3.8) is 0 Å². The molecule has 1 atom stereocenters. The Bertz CT molecular complexity index is 128. The maximum Gasteiger partial charge on any atom is 0.0797 e. The number of hydrogen-bond acceptors (Lipinski definition) is 2. The third kappa shape index (κ3) is 4.43. The second-order valence-electron chi connectivity index (χ2n) is 4.33. The maximum absolute atomic E-state index is 10.4. The molecule has 0 rings (SSSR count). The molecule has 2 nitrogen and oxygen atoms in total. The molecule has 14 heavy (non-hydrogen) atoms. The molecule has 0 fully saturated rings. The fourth-order valence-electron chi connectivity index (χ4n) is 1.84. The zero-order valence-corrected chi connectivity index (χ0v) is 10.1. The highest BCUT2D eigenvalue weighted by Crippen LogP contribution is 2.25. The van der Waals surface area contributed by atoms with E-state index in [1.54, 1.807) is 0 Å². The van der Waals surface area contributed by atoms with E-state index in [0.29, 0.717) is 0 Å². The fourth-order valence-corrected chi connectivity index (χ4v) is 1.84. The molecule has 0 radical (unpaired) electrons. The number of rotatable bonds is 8. The minimum Gasteiger partial charge on any atom is -0.388 e. The highest BCUT2D eigenvalue weighted by Gasteiger charge is 2.31. The van der Waals surface area contributed by atoms with Gasteiger partial charge in [-0.3, -0.25) is 0 Å². The van der Waals surface area contributed by atoms with Crippen LogP contribution in [-0.4, -0.2) is 16.7 Å². The van der Waals surface area contributed by atoms with Crippen LogP contribution in [-0.2, 0) is 0 Å². The summed E-state index contributed by atoms with van der Waals surface area (Å²) in [4.78, 5) is 0. The van der Waals surface area contributed by atoms with Gasteiger partial charge in [-0.15, -0.1) is 0 Å². The van der Waals surface area contributed by atoms with E-state index in [4.69, 9.17) is 5.73 Å². The third-order valence-electron chi connectivity index (χ3n) is 3.06. The summed E-state index contributed by atoms with van der Waals surface area (Å²) in [6.45, 7) is 6.35. The van der Waals surface area contributed by atoms with Crippen molar-refractivity contribution in [1.29, 1.82) is 0 Å². The SMILES string of the molecule is CCCCC(O)(CCCC)C(N)CC. The molecule has 0 aromatic heterocycles. The molecular formula is C12H27NO. The number of unbranched alkanes of at least 4 members (excludes halogenated alkanes) is 2. The van der Waals surface area contributed by atoms with Crippen LogP contribution in [0.1, 0.15) is 65.7 Å². The van der Waals surface area contributed by atoms with Crippen molar-refractivity contribution in [1.82, 2.24) is 0 Å². The van der Waals surface area contributed by atoms with E-state index in [1.807, 2.05) is 6.92 Å². The van der Waals surface area contributed by atoms with Crippen molar-refractivity contribution >= 4 is 0 Å². The summed E-state index contributed by atoms with van der Waals surface area (Å²) in [5.74, 6) is 0. The smallest absolute Gasteiger partial charge is 0.0797 e. The van der Waals surface area contributed by atoms with Crippen molar-refractivity contribution in [3.05, 3.63) is 0 Å². The summed E-state index contributed by atoms with van der Waals surface area (Å²) in [5, 5.41) is 10.4. The number of aliphatic hydroxyl groups is 1. The highest BCUT2D eigenvalue weighted by atomic mass is 16.3. The Morgan fingerprint density at radius 2 is 1.50 bits per heavy atom. The Morgan fingerprint density at radius 3 is 1.79 bits per heavy atom. The molecule has 0 aliphatic carbocycles. The van der Waals surface area contributed by atoms with Crippen molar-refractivity contribution in [2.24, 2.45) is 5.73 Å². The molecule has 0 saturated heterocycles. The van der Waals surface area contributed by atoms with Gasteiger partial charge in [0.1, 0.15) is 0 Å². The van der Waals surface area contributed by atoms with Crippen LogP contribution in [0.15, 0.2) is 0 Å². The van der Waals surface area contributed by atoms with Crippen LogP contribution in [0, 0.1) is 0 Å². The Kier molecular flexibility index (Phi) is 7.20. The van der Waals surface area contributed by atoms with Gasteiger partial charge in [-0.25, -0.2) is 0 Å². The molecule has 0 aromatic carbocycles. The Hall–Kier alpha value is -0.0800. The quantitative estimate of drug-likeness (QED) is 0.634. The first-order chi connectivity index (χ1) is 6.60. The van der Waals surface area contributed by atoms with Crippen LogP contribution in [0.25, 0.3) is 0 Å². The molecule has 0 aromatic rings. The standard InChI is InChI=1S/C12H27NO/c1-4-7-9-12(14,10-8-5-2)11(13)6-3/h11,14H,4-10,13H2,1-3H3. The molecule has 86 valence electrons. The Balaban J connectivity index is 4.16. The van der Waals surface area contributed by atoms with Crippen molar-refractivity contribution in [2.75, 3.05) is 0 Å². The third-order valence-corrected chi connectivity index (χ3v) is 3.06. The molecule has 0 bridgehead atoms. The molecule has 0 aliphatic heterocycles. The Morgan fingerprint density at radius 1 is 1.07 bits per heavy atom. The van der Waals surface area contributed by atoms with Crippen LogP contribution in [0.2, 0.25) is 0 Å². The first kappa shape index (κ1) is 13.9. The lowest BCUT2D eigenvalue weighted by atomic mass is 9.83. The Labute approximate surface area is 88.9 Å². The summed E-state index contributed by atoms with van der Waals surface area (Å²) in [7, 11) is 0. The van der Waals surface area contributed by atoms with Gasteiger partial charge < -0.3 is 10.8 Å². The monoisotopic (exact) mass is 201 g/mol. The van der Waals surface area contributed by atoms with Crippen LogP contribution < -0.4 is 5.73 Å². The van der Waals surface area contributed by atoms with Gasteiger partial charge in [0.25, 0.3) is 0 Å². The highest BCUT2D eigenvalue weighted by molar-refractivity contribution is 4.88. The molecule has 0 saturated carbocycles. The van der Waals surface area contributed by atoms with Gasteiger partial charge in [0.15, 0.2) is 0 Å². The van der Waals surface area contributed by atoms with Gasteiger partial charge >= 0.3 is 0 Å². The molecule has 0 spiro atoms. The summed E-state index contributed by atoms with van der Waals surface area (Å²) in [5.41, 5.74) is 5.37. The summed E-state index contributed by atoms with van der Waals surface area (Å²) in [6.07, 6.45) is 7.00. The fraction of sp³-hybridized carbons (Fsp3) is 1.00. The molecule has 2 heteroatoms. The molecule has 0 amide bonds. The number of hydrogen-bond donors (Lipinski definition) is 2. The topological polar surface area (TPSA) is 46.2 Å².